The molecule has 0 fully saturated rings. The molecule has 0 heterocycles. The zero-order valence-corrected chi connectivity index (χ0v) is 12.1. The van der Waals surface area contributed by atoms with Crippen LogP contribution in [-0.2, 0) is 16.2 Å². The van der Waals surface area contributed by atoms with Crippen LogP contribution in [-0.4, -0.2) is 5.91 Å². The summed E-state index contributed by atoms with van der Waals surface area (Å²) in [6.07, 6.45) is 0.645. The first-order chi connectivity index (χ1) is 10.1. The number of amides is 1. The number of anilines is 1. The van der Waals surface area contributed by atoms with Gasteiger partial charge in [0.05, 0.1) is 0 Å². The summed E-state index contributed by atoms with van der Waals surface area (Å²) in [5.74, 6) is 5.42. The highest BCUT2D eigenvalue weighted by Crippen LogP contribution is 2.29. The molecule has 2 aromatic carbocycles. The van der Waals surface area contributed by atoms with Crippen molar-refractivity contribution in [3.05, 3.63) is 59.2 Å². The fourth-order valence-electron chi connectivity index (χ4n) is 2.13. The van der Waals surface area contributed by atoms with E-state index in [9.17, 15) is 4.79 Å². The van der Waals surface area contributed by atoms with Crippen molar-refractivity contribution in [1.29, 1.82) is 0 Å². The van der Waals surface area contributed by atoms with Gasteiger partial charge in [0.1, 0.15) is 0 Å². The minimum atomic E-state index is -0.118. The summed E-state index contributed by atoms with van der Waals surface area (Å²) in [6.45, 7) is 3.35. The Balaban J connectivity index is 2.37. The van der Waals surface area contributed by atoms with E-state index in [0.717, 1.165) is 22.4 Å². The van der Waals surface area contributed by atoms with E-state index in [1.165, 1.54) is 6.92 Å². The van der Waals surface area contributed by atoms with Gasteiger partial charge in [-0.2, -0.15) is 5.90 Å². The van der Waals surface area contributed by atoms with Crippen molar-refractivity contribution in [2.24, 2.45) is 5.90 Å². The molecule has 0 aromatic heterocycles. The molecule has 0 saturated carbocycles. The fraction of sp³-hybridized carbons (Fsp3) is 0.188. The maximum Gasteiger partial charge on any atom is 0.221 e. The summed E-state index contributed by atoms with van der Waals surface area (Å²) in [6, 6.07) is 13.6. The van der Waals surface area contributed by atoms with E-state index in [1.807, 2.05) is 43.3 Å². The molecule has 0 aliphatic rings. The van der Waals surface area contributed by atoms with Crippen molar-refractivity contribution in [3.8, 4) is 5.75 Å². The van der Waals surface area contributed by atoms with Gasteiger partial charge in [0.15, 0.2) is 5.75 Å². The van der Waals surface area contributed by atoms with Gasteiger partial charge < -0.3 is 10.2 Å². The van der Waals surface area contributed by atoms with Gasteiger partial charge in [-0.15, -0.1) is 0 Å². The summed E-state index contributed by atoms with van der Waals surface area (Å²) < 4.78 is 0. The lowest BCUT2D eigenvalue weighted by Crippen LogP contribution is -2.10. The number of nitrogens with one attached hydrogen (secondary N) is 1. The Labute approximate surface area is 123 Å². The minimum absolute atomic E-state index is 0.118. The first-order valence-electron chi connectivity index (χ1n) is 6.58. The molecule has 5 heteroatoms. The van der Waals surface area contributed by atoms with Gasteiger partial charge in [-0.05, 0) is 30.2 Å². The highest BCUT2D eigenvalue weighted by atomic mass is 17.3. The number of aryl methyl sites for hydroxylation is 1. The molecule has 21 heavy (non-hydrogen) atoms. The molecule has 3 N–H and O–H groups in total. The van der Waals surface area contributed by atoms with Crippen LogP contribution < -0.4 is 16.1 Å². The van der Waals surface area contributed by atoms with Crippen molar-refractivity contribution in [2.75, 3.05) is 5.32 Å². The third kappa shape index (κ3) is 4.05. The molecule has 2 rings (SSSR count). The molecule has 0 radical (unpaired) electrons. The summed E-state index contributed by atoms with van der Waals surface area (Å²) in [7, 11) is 0. The van der Waals surface area contributed by atoms with Crippen molar-refractivity contribution in [1.82, 2.24) is 0 Å². The smallest absolute Gasteiger partial charge is 0.221 e. The van der Waals surface area contributed by atoms with Crippen molar-refractivity contribution >= 4 is 11.6 Å². The predicted molar refractivity (Wildman–Crippen MR) is 80.6 cm³/mol. The topological polar surface area (TPSA) is 73.6 Å². The fourth-order valence-corrected chi connectivity index (χ4v) is 2.13. The normalized spacial score (nSPS) is 10.2. The molecule has 2 aromatic rings. The zero-order valence-electron chi connectivity index (χ0n) is 12.1. The van der Waals surface area contributed by atoms with Crippen LogP contribution in [0.5, 0.6) is 5.75 Å². The van der Waals surface area contributed by atoms with Crippen LogP contribution in [0.15, 0.2) is 42.5 Å². The van der Waals surface area contributed by atoms with E-state index >= 15 is 0 Å². The summed E-state index contributed by atoms with van der Waals surface area (Å²) >= 11 is 0. The monoisotopic (exact) mass is 286 g/mol. The second kappa shape index (κ2) is 6.88. The average Bonchev–Trinajstić information content (AvgIpc) is 2.44. The summed E-state index contributed by atoms with van der Waals surface area (Å²) in [5.41, 5.74) is 3.62. The number of nitrogens with two attached hydrogens (primary N) is 1. The second-order valence-electron chi connectivity index (χ2n) is 4.80. The number of benzene rings is 2. The van der Waals surface area contributed by atoms with Crippen molar-refractivity contribution in [3.63, 3.8) is 0 Å². The van der Waals surface area contributed by atoms with E-state index < -0.39 is 0 Å². The van der Waals surface area contributed by atoms with E-state index in [2.05, 4.69) is 10.3 Å². The van der Waals surface area contributed by atoms with Gasteiger partial charge in [-0.1, -0.05) is 35.3 Å². The molecule has 0 aliphatic carbocycles. The highest BCUT2D eigenvalue weighted by molar-refractivity contribution is 5.89. The van der Waals surface area contributed by atoms with Crippen molar-refractivity contribution < 1.29 is 14.7 Å². The van der Waals surface area contributed by atoms with Crippen LogP contribution in [0.3, 0.4) is 0 Å². The van der Waals surface area contributed by atoms with E-state index in [-0.39, 0.29) is 5.91 Å². The molecule has 5 nitrogen and oxygen atoms in total. The predicted octanol–water partition coefficient (Wildman–Crippen LogP) is 2.73. The van der Waals surface area contributed by atoms with Gasteiger partial charge in [-0.25, -0.2) is 0 Å². The largest absolute Gasteiger partial charge is 0.326 e. The van der Waals surface area contributed by atoms with E-state index in [0.29, 0.717) is 12.2 Å². The lowest BCUT2D eigenvalue weighted by atomic mass is 10.0. The van der Waals surface area contributed by atoms with Gasteiger partial charge in [0.2, 0.25) is 5.91 Å². The zero-order chi connectivity index (χ0) is 15.2. The molecule has 1 amide bonds. The standard InChI is InChI=1S/C16H18N2O3/c1-11-8-16(20-21-17)14(10-15(11)18-12(2)19)9-13-6-4-3-5-7-13/h3-8,10H,9,17H2,1-2H3,(H,18,19). The molecule has 0 saturated heterocycles. The van der Waals surface area contributed by atoms with E-state index in [1.54, 1.807) is 6.07 Å². The SMILES string of the molecule is CC(=O)Nc1cc(Cc2ccccc2)c(OON)cc1C. The second-order valence-corrected chi connectivity index (χ2v) is 4.80. The maximum absolute atomic E-state index is 11.3. The molecular weight excluding hydrogens is 268 g/mol. The van der Waals surface area contributed by atoms with Gasteiger partial charge in [0, 0.05) is 24.6 Å². The van der Waals surface area contributed by atoms with Crippen LogP contribution >= 0.6 is 0 Å². The Morgan fingerprint density at radius 1 is 1.24 bits per heavy atom. The van der Waals surface area contributed by atoms with Crippen molar-refractivity contribution in [2.45, 2.75) is 20.3 Å². The first kappa shape index (κ1) is 15.0. The van der Waals surface area contributed by atoms with E-state index in [4.69, 9.17) is 10.8 Å². The number of hydrogen-bond donors (Lipinski definition) is 2. The van der Waals surface area contributed by atoms with Gasteiger partial charge in [-0.3, -0.25) is 4.79 Å². The van der Waals surface area contributed by atoms with Crippen LogP contribution in [0.2, 0.25) is 0 Å². The molecular formula is C16H18N2O3. The third-order valence-electron chi connectivity index (χ3n) is 3.09. The number of hydrogen-bond acceptors (Lipinski definition) is 4. The Morgan fingerprint density at radius 2 is 1.95 bits per heavy atom. The lowest BCUT2D eigenvalue weighted by Gasteiger charge is -2.13. The van der Waals surface area contributed by atoms with Gasteiger partial charge >= 0.3 is 0 Å². The quantitative estimate of drug-likeness (QED) is 0.654. The van der Waals surface area contributed by atoms with Crippen LogP contribution in [0, 0.1) is 6.92 Å². The average molecular weight is 286 g/mol. The molecule has 110 valence electrons. The Kier molecular flexibility index (Phi) is 4.92. The Bertz CT molecular complexity index is 627. The maximum atomic E-state index is 11.3. The minimum Gasteiger partial charge on any atom is -0.326 e. The summed E-state index contributed by atoms with van der Waals surface area (Å²) in [5, 5.41) is 2.80. The molecule has 0 aliphatic heterocycles. The highest BCUT2D eigenvalue weighted by Gasteiger charge is 2.11. The summed E-state index contributed by atoms with van der Waals surface area (Å²) in [4.78, 5) is 20.6. The first-order valence-corrected chi connectivity index (χ1v) is 6.58. The van der Waals surface area contributed by atoms with Crippen LogP contribution in [0.4, 0.5) is 5.69 Å². The molecule has 0 atom stereocenters. The van der Waals surface area contributed by atoms with Crippen LogP contribution in [0.25, 0.3) is 0 Å². The Morgan fingerprint density at radius 3 is 2.57 bits per heavy atom. The Hall–Kier alpha value is -2.37. The van der Waals surface area contributed by atoms with Crippen LogP contribution in [0.1, 0.15) is 23.6 Å². The lowest BCUT2D eigenvalue weighted by molar-refractivity contribution is -0.211. The molecule has 0 bridgehead atoms. The number of carbonyl (C=O) groups is 1. The third-order valence-corrected chi connectivity index (χ3v) is 3.09. The molecule has 0 spiro atoms. The number of carbonyl (C=O) groups excluding carboxylic acids is 1. The number of rotatable bonds is 5. The molecule has 0 unspecified atom stereocenters. The van der Waals surface area contributed by atoms with Gasteiger partial charge in [0.25, 0.3) is 0 Å².